The van der Waals surface area contributed by atoms with Crippen LogP contribution in [-0.4, -0.2) is 17.0 Å². The highest BCUT2D eigenvalue weighted by atomic mass is 33.1. The molecule has 0 aliphatic carbocycles. The summed E-state index contributed by atoms with van der Waals surface area (Å²) in [6.45, 7) is 5.46. The van der Waals surface area contributed by atoms with E-state index < -0.39 is 0 Å². The van der Waals surface area contributed by atoms with Gasteiger partial charge in [-0.05, 0) is 18.9 Å². The molecule has 60 valence electrons. The van der Waals surface area contributed by atoms with Gasteiger partial charge in [-0.1, -0.05) is 35.4 Å². The van der Waals surface area contributed by atoms with Crippen molar-refractivity contribution >= 4 is 21.6 Å². The van der Waals surface area contributed by atoms with Crippen molar-refractivity contribution in [3.63, 3.8) is 0 Å². The average Bonchev–Trinajstić information content (AvgIpc) is 2.20. The van der Waals surface area contributed by atoms with Crippen LogP contribution in [0.2, 0.25) is 0 Å². The quantitative estimate of drug-likeness (QED) is 0.654. The van der Waals surface area contributed by atoms with Crippen molar-refractivity contribution in [3.8, 4) is 0 Å². The highest BCUT2D eigenvalue weighted by Gasteiger charge is 2.30. The van der Waals surface area contributed by atoms with Crippen LogP contribution in [0.5, 0.6) is 0 Å². The average molecular weight is 177 g/mol. The van der Waals surface area contributed by atoms with E-state index >= 15 is 0 Å². The fourth-order valence-electron chi connectivity index (χ4n) is 1.36. The highest BCUT2D eigenvalue weighted by molar-refractivity contribution is 8.77. The number of hydrogen-bond donors (Lipinski definition) is 1. The lowest BCUT2D eigenvalue weighted by Crippen LogP contribution is -2.20. The second-order valence-electron chi connectivity index (χ2n) is 2.84. The lowest BCUT2D eigenvalue weighted by Gasteiger charge is -2.15. The molecule has 0 aromatic heterocycles. The standard InChI is InChI=1S/C7H15NS2/c1-5-7(3-4-8)6(2)10-9-5/h5-7H,3-4,8H2,1-2H3. The van der Waals surface area contributed by atoms with Crippen molar-refractivity contribution in [2.45, 2.75) is 30.8 Å². The SMILES string of the molecule is CC1SSC(C)C1CCN. The third kappa shape index (κ3) is 1.83. The van der Waals surface area contributed by atoms with E-state index in [4.69, 9.17) is 5.73 Å². The normalized spacial score (nSPS) is 40.5. The van der Waals surface area contributed by atoms with Gasteiger partial charge in [0.05, 0.1) is 0 Å². The van der Waals surface area contributed by atoms with Crippen LogP contribution in [0.4, 0.5) is 0 Å². The maximum atomic E-state index is 5.51. The second kappa shape index (κ2) is 3.88. The van der Waals surface area contributed by atoms with Crippen LogP contribution in [0.3, 0.4) is 0 Å². The Morgan fingerprint density at radius 1 is 1.20 bits per heavy atom. The van der Waals surface area contributed by atoms with Crippen molar-refractivity contribution in [2.75, 3.05) is 6.54 Å². The first-order valence-corrected chi connectivity index (χ1v) is 6.05. The van der Waals surface area contributed by atoms with Crippen LogP contribution in [0.25, 0.3) is 0 Å². The number of hydrogen-bond acceptors (Lipinski definition) is 3. The molecule has 1 heterocycles. The topological polar surface area (TPSA) is 26.0 Å². The first-order valence-electron chi connectivity index (χ1n) is 3.78. The van der Waals surface area contributed by atoms with Crippen LogP contribution in [-0.2, 0) is 0 Å². The molecule has 2 unspecified atom stereocenters. The zero-order chi connectivity index (χ0) is 7.56. The van der Waals surface area contributed by atoms with Gasteiger partial charge in [0.25, 0.3) is 0 Å². The van der Waals surface area contributed by atoms with Gasteiger partial charge < -0.3 is 5.73 Å². The van der Waals surface area contributed by atoms with Crippen molar-refractivity contribution in [2.24, 2.45) is 11.7 Å². The first kappa shape index (κ1) is 8.75. The highest BCUT2D eigenvalue weighted by Crippen LogP contribution is 2.47. The lowest BCUT2D eigenvalue weighted by atomic mass is 9.99. The van der Waals surface area contributed by atoms with E-state index in [0.717, 1.165) is 23.0 Å². The monoisotopic (exact) mass is 177 g/mol. The van der Waals surface area contributed by atoms with Crippen molar-refractivity contribution in [1.82, 2.24) is 0 Å². The molecular formula is C7H15NS2. The Morgan fingerprint density at radius 2 is 1.70 bits per heavy atom. The molecule has 0 aromatic carbocycles. The molecule has 0 radical (unpaired) electrons. The van der Waals surface area contributed by atoms with Gasteiger partial charge in [-0.15, -0.1) is 0 Å². The van der Waals surface area contributed by atoms with Crippen molar-refractivity contribution in [1.29, 1.82) is 0 Å². The largest absolute Gasteiger partial charge is 0.330 e. The van der Waals surface area contributed by atoms with Gasteiger partial charge in [-0.2, -0.15) is 0 Å². The molecule has 0 aromatic rings. The predicted octanol–water partition coefficient (Wildman–Crippen LogP) is 2.12. The fourth-order valence-corrected chi connectivity index (χ4v) is 4.75. The van der Waals surface area contributed by atoms with Gasteiger partial charge in [-0.3, -0.25) is 0 Å². The Hall–Kier alpha value is 0.660. The van der Waals surface area contributed by atoms with Gasteiger partial charge in [0.1, 0.15) is 0 Å². The summed E-state index contributed by atoms with van der Waals surface area (Å²) in [5, 5.41) is 1.62. The Morgan fingerprint density at radius 3 is 2.10 bits per heavy atom. The van der Waals surface area contributed by atoms with E-state index in [1.165, 1.54) is 6.42 Å². The second-order valence-corrected chi connectivity index (χ2v) is 5.87. The van der Waals surface area contributed by atoms with Crippen LogP contribution >= 0.6 is 21.6 Å². The molecule has 1 aliphatic heterocycles. The lowest BCUT2D eigenvalue weighted by molar-refractivity contribution is 0.494. The van der Waals surface area contributed by atoms with E-state index in [1.54, 1.807) is 0 Å². The van der Waals surface area contributed by atoms with Gasteiger partial charge >= 0.3 is 0 Å². The maximum Gasteiger partial charge on any atom is 0.0162 e. The number of nitrogens with two attached hydrogens (primary N) is 1. The van der Waals surface area contributed by atoms with Gasteiger partial charge in [0.15, 0.2) is 0 Å². The summed E-state index contributed by atoms with van der Waals surface area (Å²) < 4.78 is 0. The molecule has 1 nitrogen and oxygen atoms in total. The molecule has 1 rings (SSSR count). The Balaban J connectivity index is 2.38. The molecule has 0 spiro atoms. The molecule has 1 aliphatic rings. The maximum absolute atomic E-state index is 5.51. The van der Waals surface area contributed by atoms with Gasteiger partial charge in [0.2, 0.25) is 0 Å². The van der Waals surface area contributed by atoms with Crippen molar-refractivity contribution < 1.29 is 0 Å². The zero-order valence-electron chi connectivity index (χ0n) is 6.54. The van der Waals surface area contributed by atoms with E-state index in [0.29, 0.717) is 0 Å². The molecule has 0 bridgehead atoms. The summed E-state index contributed by atoms with van der Waals surface area (Å²) in [6.07, 6.45) is 1.20. The Bertz CT molecular complexity index is 97.8. The minimum Gasteiger partial charge on any atom is -0.330 e. The van der Waals surface area contributed by atoms with Crippen LogP contribution in [0.15, 0.2) is 0 Å². The molecule has 0 amide bonds. The molecule has 2 N–H and O–H groups in total. The molecule has 0 saturated carbocycles. The number of rotatable bonds is 2. The summed E-state index contributed by atoms with van der Waals surface area (Å²) in [7, 11) is 4.03. The van der Waals surface area contributed by atoms with Gasteiger partial charge in [-0.25, -0.2) is 0 Å². The molecular weight excluding hydrogens is 162 g/mol. The minimum absolute atomic E-state index is 0.809. The van der Waals surface area contributed by atoms with E-state index in [9.17, 15) is 0 Å². The third-order valence-corrected chi connectivity index (χ3v) is 5.64. The third-order valence-electron chi connectivity index (χ3n) is 2.07. The minimum atomic E-state index is 0.809. The van der Waals surface area contributed by atoms with E-state index in [1.807, 2.05) is 21.6 Å². The van der Waals surface area contributed by atoms with E-state index in [2.05, 4.69) is 13.8 Å². The summed E-state index contributed by atoms with van der Waals surface area (Å²) in [5.41, 5.74) is 5.51. The summed E-state index contributed by atoms with van der Waals surface area (Å²) >= 11 is 0. The predicted molar refractivity (Wildman–Crippen MR) is 51.3 cm³/mol. The van der Waals surface area contributed by atoms with E-state index in [-0.39, 0.29) is 0 Å². The van der Waals surface area contributed by atoms with Crippen LogP contribution < -0.4 is 5.73 Å². The molecule has 3 heteroatoms. The summed E-state index contributed by atoms with van der Waals surface area (Å²) in [5.74, 6) is 0.847. The van der Waals surface area contributed by atoms with Gasteiger partial charge in [0, 0.05) is 10.5 Å². The molecule has 10 heavy (non-hydrogen) atoms. The Kier molecular flexibility index (Phi) is 3.40. The molecule has 2 atom stereocenters. The molecule has 1 saturated heterocycles. The van der Waals surface area contributed by atoms with Crippen LogP contribution in [0, 0.1) is 5.92 Å². The summed E-state index contributed by atoms with van der Waals surface area (Å²) in [6, 6.07) is 0. The van der Waals surface area contributed by atoms with Crippen LogP contribution in [0.1, 0.15) is 20.3 Å². The Labute approximate surface area is 70.9 Å². The molecule has 1 fully saturated rings. The first-order chi connectivity index (χ1) is 4.75. The zero-order valence-corrected chi connectivity index (χ0v) is 8.17. The fraction of sp³-hybridized carbons (Fsp3) is 1.00. The smallest absolute Gasteiger partial charge is 0.0162 e. The van der Waals surface area contributed by atoms with Crippen molar-refractivity contribution in [3.05, 3.63) is 0 Å². The summed E-state index contributed by atoms with van der Waals surface area (Å²) in [4.78, 5) is 0.